The minimum Gasteiger partial charge on any atom is -0.473 e. The second kappa shape index (κ2) is 8.60. The smallest absolute Gasteiger partial charge is 0.323 e. The molecular formula is C18H24N6O2S. The van der Waals surface area contributed by atoms with Crippen molar-refractivity contribution in [3.63, 3.8) is 0 Å². The molecule has 4 rings (SSSR count). The maximum absolute atomic E-state index is 12.5. The Bertz CT molecular complexity index is 741. The molecule has 0 unspecified atom stereocenters. The first-order valence-electron chi connectivity index (χ1n) is 9.60. The van der Waals surface area contributed by atoms with E-state index in [1.54, 1.807) is 23.5 Å². The molecule has 1 aliphatic heterocycles. The molecule has 0 bridgehead atoms. The van der Waals surface area contributed by atoms with Gasteiger partial charge in [0.05, 0.1) is 6.20 Å². The number of urea groups is 1. The van der Waals surface area contributed by atoms with E-state index < -0.39 is 0 Å². The van der Waals surface area contributed by atoms with E-state index in [1.807, 2.05) is 0 Å². The molecule has 8 nitrogen and oxygen atoms in total. The summed E-state index contributed by atoms with van der Waals surface area (Å²) in [5.74, 6) is 1.04. The van der Waals surface area contributed by atoms with Crippen molar-refractivity contribution in [3.8, 4) is 5.88 Å². The molecule has 0 aromatic carbocycles. The highest BCUT2D eigenvalue weighted by Crippen LogP contribution is 2.35. The van der Waals surface area contributed by atoms with Gasteiger partial charge < -0.3 is 9.64 Å². The summed E-state index contributed by atoms with van der Waals surface area (Å²) >= 11 is 1.51. The molecule has 0 spiro atoms. The van der Waals surface area contributed by atoms with E-state index in [4.69, 9.17) is 4.74 Å². The molecule has 9 heteroatoms. The maximum atomic E-state index is 12.5. The zero-order valence-corrected chi connectivity index (χ0v) is 16.0. The lowest BCUT2D eigenvalue weighted by molar-refractivity contribution is 0.111. The van der Waals surface area contributed by atoms with Crippen LogP contribution < -0.4 is 10.1 Å². The van der Waals surface area contributed by atoms with E-state index in [2.05, 4.69) is 25.5 Å². The molecule has 2 aliphatic rings. The third kappa shape index (κ3) is 4.71. The zero-order valence-electron chi connectivity index (χ0n) is 15.2. The number of nitrogens with one attached hydrogen (secondary N) is 1. The van der Waals surface area contributed by atoms with Crippen molar-refractivity contribution < 1.29 is 9.53 Å². The number of carbonyl (C=O) groups excluding carboxylic acids is 1. The van der Waals surface area contributed by atoms with Gasteiger partial charge in [-0.1, -0.05) is 30.6 Å². The highest BCUT2D eigenvalue weighted by molar-refractivity contribution is 7.15. The van der Waals surface area contributed by atoms with Gasteiger partial charge in [0.15, 0.2) is 0 Å². The first kappa shape index (κ1) is 18.1. The number of hydrogen-bond donors (Lipinski definition) is 1. The van der Waals surface area contributed by atoms with Crippen LogP contribution in [0.25, 0.3) is 0 Å². The van der Waals surface area contributed by atoms with Gasteiger partial charge in [0.1, 0.15) is 11.1 Å². The molecule has 2 aromatic heterocycles. The molecule has 2 amide bonds. The quantitative estimate of drug-likeness (QED) is 0.862. The molecule has 144 valence electrons. The summed E-state index contributed by atoms with van der Waals surface area (Å²) in [4.78, 5) is 22.4. The number of hydrogen-bond acceptors (Lipinski definition) is 7. The summed E-state index contributed by atoms with van der Waals surface area (Å²) in [6.45, 7) is 1.29. The summed E-state index contributed by atoms with van der Waals surface area (Å²) in [5.41, 5.74) is 0. The molecule has 0 radical (unpaired) electrons. The molecule has 1 saturated carbocycles. The van der Waals surface area contributed by atoms with E-state index in [9.17, 15) is 4.79 Å². The topological polar surface area (TPSA) is 93.1 Å². The van der Waals surface area contributed by atoms with E-state index in [0.29, 0.717) is 30.0 Å². The Balaban J connectivity index is 1.25. The Kier molecular flexibility index (Phi) is 5.76. The van der Waals surface area contributed by atoms with Gasteiger partial charge in [0, 0.05) is 44.2 Å². The summed E-state index contributed by atoms with van der Waals surface area (Å²) in [6.07, 6.45) is 12.6. The summed E-state index contributed by atoms with van der Waals surface area (Å²) < 4.78 is 5.82. The summed E-state index contributed by atoms with van der Waals surface area (Å²) in [6, 6.07) is -0.112. The highest BCUT2D eigenvalue weighted by atomic mass is 32.1. The second-order valence-electron chi connectivity index (χ2n) is 7.06. The first-order chi connectivity index (χ1) is 13.3. The van der Waals surface area contributed by atoms with Gasteiger partial charge in [-0.3, -0.25) is 10.3 Å². The van der Waals surface area contributed by atoms with Crippen molar-refractivity contribution in [1.29, 1.82) is 0 Å². The van der Waals surface area contributed by atoms with E-state index in [1.165, 1.54) is 43.4 Å². The molecule has 27 heavy (non-hydrogen) atoms. The summed E-state index contributed by atoms with van der Waals surface area (Å²) in [5, 5.41) is 13.0. The van der Waals surface area contributed by atoms with Gasteiger partial charge >= 0.3 is 6.03 Å². The van der Waals surface area contributed by atoms with Gasteiger partial charge in [-0.05, 0) is 12.8 Å². The van der Waals surface area contributed by atoms with Crippen molar-refractivity contribution in [3.05, 3.63) is 23.6 Å². The van der Waals surface area contributed by atoms with Crippen LogP contribution in [0.5, 0.6) is 5.88 Å². The first-order valence-corrected chi connectivity index (χ1v) is 10.4. The van der Waals surface area contributed by atoms with E-state index >= 15 is 0 Å². The lowest BCUT2D eigenvalue weighted by Gasteiger charge is -2.31. The predicted molar refractivity (Wildman–Crippen MR) is 102 cm³/mol. The van der Waals surface area contributed by atoms with Crippen LogP contribution in [-0.2, 0) is 0 Å². The third-order valence-electron chi connectivity index (χ3n) is 5.17. The maximum Gasteiger partial charge on any atom is 0.323 e. The van der Waals surface area contributed by atoms with Gasteiger partial charge in [0.2, 0.25) is 11.0 Å². The Hall–Kier alpha value is -2.29. The fraction of sp³-hybridized carbons (Fsp3) is 0.611. The molecular weight excluding hydrogens is 364 g/mol. The monoisotopic (exact) mass is 388 g/mol. The molecule has 2 aromatic rings. The van der Waals surface area contributed by atoms with Crippen molar-refractivity contribution in [1.82, 2.24) is 25.1 Å². The fourth-order valence-corrected chi connectivity index (χ4v) is 4.57. The standard InChI is InChI=1S/C18H24N6O2S/c25-18(21-17-23-22-16(27-17)13-4-2-1-3-5-13)24-10-6-14(7-11-24)26-15-12-19-8-9-20-15/h8-9,12-14H,1-7,10-11H2,(H,21,23,25). The minimum atomic E-state index is -0.112. The van der Waals surface area contributed by atoms with Crippen LogP contribution in [0.4, 0.5) is 9.93 Å². The number of rotatable bonds is 4. The largest absolute Gasteiger partial charge is 0.473 e. The Labute approximate surface area is 162 Å². The Morgan fingerprint density at radius 3 is 2.67 bits per heavy atom. The Morgan fingerprint density at radius 1 is 1.11 bits per heavy atom. The van der Waals surface area contributed by atoms with E-state index in [0.717, 1.165) is 17.8 Å². The van der Waals surface area contributed by atoms with Crippen molar-refractivity contribution in [2.45, 2.75) is 57.0 Å². The number of ether oxygens (including phenoxy) is 1. The normalized spacial score (nSPS) is 19.0. The average Bonchev–Trinajstić information content (AvgIpc) is 3.18. The second-order valence-corrected chi connectivity index (χ2v) is 8.07. The third-order valence-corrected chi connectivity index (χ3v) is 6.17. The molecule has 3 heterocycles. The van der Waals surface area contributed by atoms with Crippen LogP contribution in [0, 0.1) is 0 Å². The van der Waals surface area contributed by atoms with Crippen molar-refractivity contribution >= 4 is 22.5 Å². The number of aromatic nitrogens is 4. The highest BCUT2D eigenvalue weighted by Gasteiger charge is 2.26. The molecule has 1 aliphatic carbocycles. The number of amides is 2. The van der Waals surface area contributed by atoms with Gasteiger partial charge in [-0.25, -0.2) is 9.78 Å². The van der Waals surface area contributed by atoms with Gasteiger partial charge in [0.25, 0.3) is 0 Å². The summed E-state index contributed by atoms with van der Waals surface area (Å²) in [7, 11) is 0. The van der Waals surface area contributed by atoms with Crippen LogP contribution >= 0.6 is 11.3 Å². The van der Waals surface area contributed by atoms with Gasteiger partial charge in [-0.15, -0.1) is 10.2 Å². The number of likely N-dealkylation sites (tertiary alicyclic amines) is 1. The lowest BCUT2D eigenvalue weighted by atomic mass is 9.90. The molecule has 1 N–H and O–H groups in total. The minimum absolute atomic E-state index is 0.0604. The molecule has 2 fully saturated rings. The van der Waals surface area contributed by atoms with Crippen LogP contribution in [0.3, 0.4) is 0 Å². The fourth-order valence-electron chi connectivity index (χ4n) is 3.66. The SMILES string of the molecule is O=C(Nc1nnc(C2CCCCC2)s1)N1CCC(Oc2cnccn2)CC1. The van der Waals surface area contributed by atoms with Crippen LogP contribution in [0.15, 0.2) is 18.6 Å². The van der Waals surface area contributed by atoms with Crippen LogP contribution in [0.1, 0.15) is 55.9 Å². The number of piperidine rings is 1. The Morgan fingerprint density at radius 2 is 1.93 bits per heavy atom. The van der Waals surface area contributed by atoms with Crippen LogP contribution in [0.2, 0.25) is 0 Å². The average molecular weight is 388 g/mol. The van der Waals surface area contributed by atoms with Crippen LogP contribution in [-0.4, -0.2) is 50.3 Å². The molecule has 0 atom stereocenters. The number of nitrogens with zero attached hydrogens (tertiary/aromatic N) is 5. The van der Waals surface area contributed by atoms with Crippen molar-refractivity contribution in [2.24, 2.45) is 0 Å². The number of anilines is 1. The zero-order chi connectivity index (χ0) is 18.5. The van der Waals surface area contributed by atoms with Crippen molar-refractivity contribution in [2.75, 3.05) is 18.4 Å². The predicted octanol–water partition coefficient (Wildman–Crippen LogP) is 3.45. The molecule has 1 saturated heterocycles. The van der Waals surface area contributed by atoms with E-state index in [-0.39, 0.29) is 12.1 Å². The lowest BCUT2D eigenvalue weighted by Crippen LogP contribution is -2.43. The number of carbonyl (C=O) groups is 1. The van der Waals surface area contributed by atoms with Gasteiger partial charge in [-0.2, -0.15) is 0 Å².